The van der Waals surface area contributed by atoms with Crippen LogP contribution in [0.1, 0.15) is 42.6 Å². The van der Waals surface area contributed by atoms with E-state index >= 15 is 0 Å². The van der Waals surface area contributed by atoms with Gasteiger partial charge in [-0.1, -0.05) is 23.2 Å². The van der Waals surface area contributed by atoms with Crippen molar-refractivity contribution in [1.82, 2.24) is 0 Å². The van der Waals surface area contributed by atoms with Gasteiger partial charge in [-0.2, -0.15) is 0 Å². The van der Waals surface area contributed by atoms with Gasteiger partial charge in [-0.25, -0.2) is 4.79 Å². The summed E-state index contributed by atoms with van der Waals surface area (Å²) in [5.74, 6) is -1.95. The van der Waals surface area contributed by atoms with Crippen LogP contribution in [0.3, 0.4) is 0 Å². The molecule has 3 N–H and O–H groups in total. The van der Waals surface area contributed by atoms with Crippen LogP contribution in [0.5, 0.6) is 11.5 Å². The second-order valence-corrected chi connectivity index (χ2v) is 8.78. The number of hydrogen-bond donors (Lipinski definition) is 3. The summed E-state index contributed by atoms with van der Waals surface area (Å²) in [7, 11) is 1.27. The Labute approximate surface area is 200 Å². The van der Waals surface area contributed by atoms with Gasteiger partial charge in [-0.3, -0.25) is 4.79 Å². The molecule has 1 aromatic rings. The van der Waals surface area contributed by atoms with Crippen molar-refractivity contribution in [2.24, 2.45) is 0 Å². The lowest BCUT2D eigenvalue weighted by Gasteiger charge is -2.41. The largest absolute Gasteiger partial charge is 0.505 e. The molecule has 2 fully saturated rings. The van der Waals surface area contributed by atoms with Gasteiger partial charge in [0.1, 0.15) is 22.8 Å². The number of methoxy groups -OCH3 is 1. The highest BCUT2D eigenvalue weighted by molar-refractivity contribution is 6.39. The molecule has 7 atom stereocenters. The predicted octanol–water partition coefficient (Wildman–Crippen LogP) is 2.12. The lowest BCUT2D eigenvalue weighted by Crippen LogP contribution is -2.54. The fourth-order valence-corrected chi connectivity index (χ4v) is 4.47. The second kappa shape index (κ2) is 10.2. The summed E-state index contributed by atoms with van der Waals surface area (Å²) in [4.78, 5) is 24.4. The number of rotatable bonds is 5. The molecule has 2 heterocycles. The number of halogens is 2. The average Bonchev–Trinajstić information content (AvgIpc) is 2.74. The quantitative estimate of drug-likeness (QED) is 0.506. The van der Waals surface area contributed by atoms with Crippen LogP contribution in [0, 0.1) is 6.92 Å². The van der Waals surface area contributed by atoms with E-state index in [1.54, 1.807) is 13.8 Å². The minimum absolute atomic E-state index is 0.0701. The predicted molar refractivity (Wildman–Crippen MR) is 115 cm³/mol. The highest BCUT2D eigenvalue weighted by Gasteiger charge is 2.43. The van der Waals surface area contributed by atoms with Crippen LogP contribution in [-0.2, 0) is 23.7 Å². The smallest absolute Gasteiger partial charge is 0.342 e. The molecule has 0 bridgehead atoms. The monoisotopic (exact) mass is 508 g/mol. The molecule has 2 saturated heterocycles. The Morgan fingerprint density at radius 1 is 1.09 bits per heavy atom. The average molecular weight is 509 g/mol. The Morgan fingerprint density at radius 2 is 1.76 bits per heavy atom. The number of benzene rings is 1. The molecule has 2 aliphatic rings. The zero-order chi connectivity index (χ0) is 24.6. The topological polar surface area (TPSA) is 141 Å². The third kappa shape index (κ3) is 5.16. The molecule has 10 nitrogen and oxygen atoms in total. The number of esters is 2. The first-order valence-electron chi connectivity index (χ1n) is 10.3. The van der Waals surface area contributed by atoms with Crippen LogP contribution in [-0.4, -0.2) is 77.3 Å². The summed E-state index contributed by atoms with van der Waals surface area (Å²) in [5, 5.41) is 30.4. The van der Waals surface area contributed by atoms with Crippen molar-refractivity contribution in [3.8, 4) is 11.5 Å². The Bertz CT molecular complexity index is 897. The van der Waals surface area contributed by atoms with Gasteiger partial charge in [0.05, 0.1) is 36.9 Å². The van der Waals surface area contributed by atoms with E-state index in [1.165, 1.54) is 14.0 Å². The number of carbonyl (C=O) groups is 2. The first-order valence-corrected chi connectivity index (χ1v) is 11.0. The van der Waals surface area contributed by atoms with E-state index in [2.05, 4.69) is 0 Å². The number of phenols is 1. The summed E-state index contributed by atoms with van der Waals surface area (Å²) in [6, 6.07) is 0. The molecule has 0 radical (unpaired) electrons. The maximum atomic E-state index is 13.0. The van der Waals surface area contributed by atoms with Crippen molar-refractivity contribution in [3.05, 3.63) is 21.2 Å². The van der Waals surface area contributed by atoms with E-state index in [0.29, 0.717) is 0 Å². The van der Waals surface area contributed by atoms with Crippen LogP contribution in [0.15, 0.2) is 0 Å². The zero-order valence-corrected chi connectivity index (χ0v) is 19.9. The van der Waals surface area contributed by atoms with Crippen LogP contribution in [0.25, 0.3) is 0 Å². The molecule has 7 unspecified atom stereocenters. The number of hydrogen-bond acceptors (Lipinski definition) is 10. The van der Waals surface area contributed by atoms with Crippen LogP contribution in [0.4, 0.5) is 0 Å². The molecular weight excluding hydrogens is 483 g/mol. The van der Waals surface area contributed by atoms with Crippen molar-refractivity contribution in [3.63, 3.8) is 0 Å². The zero-order valence-electron chi connectivity index (χ0n) is 18.4. The van der Waals surface area contributed by atoms with Gasteiger partial charge in [0.2, 0.25) is 0 Å². The molecule has 0 aromatic heterocycles. The molecule has 12 heteroatoms. The first-order chi connectivity index (χ1) is 15.5. The SMILES string of the molecule is COc1c(Cl)c(O)c(Cl)c(C)c1C(=O)OC1C(O)CC(OC2C(O)CC(=O)OC2C)OC1C. The summed E-state index contributed by atoms with van der Waals surface area (Å²) in [6.07, 6.45) is -6.86. The molecule has 1 aromatic carbocycles. The number of carbonyl (C=O) groups excluding carboxylic acids is 2. The van der Waals surface area contributed by atoms with Crippen molar-refractivity contribution in [1.29, 1.82) is 0 Å². The van der Waals surface area contributed by atoms with Crippen molar-refractivity contribution < 1.29 is 48.6 Å². The summed E-state index contributed by atoms with van der Waals surface area (Å²) in [6.45, 7) is 4.65. The number of ether oxygens (including phenoxy) is 5. The van der Waals surface area contributed by atoms with E-state index in [4.69, 9.17) is 46.9 Å². The van der Waals surface area contributed by atoms with Gasteiger partial charge in [0.15, 0.2) is 23.9 Å². The molecule has 0 aliphatic carbocycles. The van der Waals surface area contributed by atoms with E-state index in [0.717, 1.165) is 0 Å². The fourth-order valence-electron chi connectivity index (χ4n) is 3.97. The molecule has 2 aliphatic heterocycles. The Hall–Kier alpha value is -1.82. The van der Waals surface area contributed by atoms with Crippen LogP contribution in [0.2, 0.25) is 10.0 Å². The molecular formula is C21H26Cl2O10. The van der Waals surface area contributed by atoms with Gasteiger partial charge in [0.25, 0.3) is 0 Å². The van der Waals surface area contributed by atoms with Gasteiger partial charge in [-0.05, 0) is 26.3 Å². The van der Waals surface area contributed by atoms with E-state index in [-0.39, 0.29) is 39.8 Å². The third-order valence-corrected chi connectivity index (χ3v) is 6.50. The maximum Gasteiger partial charge on any atom is 0.342 e. The highest BCUT2D eigenvalue weighted by Crippen LogP contribution is 2.45. The first kappa shape index (κ1) is 25.8. The molecule has 0 amide bonds. The fraction of sp³-hybridized carbons (Fsp3) is 0.619. The van der Waals surface area contributed by atoms with Crippen molar-refractivity contribution in [2.75, 3.05) is 7.11 Å². The van der Waals surface area contributed by atoms with E-state index in [9.17, 15) is 24.9 Å². The van der Waals surface area contributed by atoms with Gasteiger partial charge >= 0.3 is 11.9 Å². The number of phenolic OH excluding ortho intramolecular Hbond substituents is 1. The number of aliphatic hydroxyl groups is 2. The summed E-state index contributed by atoms with van der Waals surface area (Å²) in [5.41, 5.74) is 0.0966. The Kier molecular flexibility index (Phi) is 7.98. The van der Waals surface area contributed by atoms with Gasteiger partial charge in [0, 0.05) is 6.42 Å². The minimum atomic E-state index is -1.17. The van der Waals surface area contributed by atoms with Crippen molar-refractivity contribution in [2.45, 2.75) is 76.5 Å². The highest BCUT2D eigenvalue weighted by atomic mass is 35.5. The van der Waals surface area contributed by atoms with E-state index < -0.39 is 60.6 Å². The van der Waals surface area contributed by atoms with Crippen molar-refractivity contribution >= 4 is 35.1 Å². The van der Waals surface area contributed by atoms with Gasteiger partial charge in [-0.15, -0.1) is 0 Å². The van der Waals surface area contributed by atoms with Gasteiger partial charge < -0.3 is 39.0 Å². The molecule has 3 rings (SSSR count). The number of aliphatic hydroxyl groups excluding tert-OH is 2. The van der Waals surface area contributed by atoms with Crippen LogP contribution >= 0.6 is 23.2 Å². The Morgan fingerprint density at radius 3 is 2.33 bits per heavy atom. The number of cyclic esters (lactones) is 1. The lowest BCUT2D eigenvalue weighted by molar-refractivity contribution is -0.283. The maximum absolute atomic E-state index is 13.0. The molecule has 0 spiro atoms. The molecule has 33 heavy (non-hydrogen) atoms. The second-order valence-electron chi connectivity index (χ2n) is 8.02. The Balaban J connectivity index is 1.72. The summed E-state index contributed by atoms with van der Waals surface area (Å²) < 4.78 is 27.3. The molecule has 184 valence electrons. The number of aromatic hydroxyl groups is 1. The molecule has 0 saturated carbocycles. The van der Waals surface area contributed by atoms with E-state index in [1.807, 2.05) is 0 Å². The standard InChI is InChI=1S/C21H26Cl2O10/c1-7-14(20(29-4)16(23)17(27)15(7)22)21(28)33-19-9(3)31-13(6-11(19)25)32-18-8(2)30-12(26)5-10(18)24/h8-11,13,18-19,24-25,27H,5-6H2,1-4H3. The lowest BCUT2D eigenvalue weighted by atomic mass is 10.00. The van der Waals surface area contributed by atoms with Crippen LogP contribution < -0.4 is 4.74 Å². The minimum Gasteiger partial charge on any atom is -0.505 e. The summed E-state index contributed by atoms with van der Waals surface area (Å²) >= 11 is 12.1. The third-order valence-electron chi connectivity index (χ3n) is 5.68. The normalized spacial score (nSPS) is 32.2.